The molecule has 2 heteroatoms. The molecule has 0 amide bonds. The molecule has 0 aliphatic carbocycles. The average molecular weight is 294 g/mol. The van der Waals surface area contributed by atoms with Crippen LogP contribution in [0.4, 0.5) is 0 Å². The summed E-state index contributed by atoms with van der Waals surface area (Å²) in [7, 11) is 0. The molecule has 0 radical (unpaired) electrons. The van der Waals surface area contributed by atoms with Gasteiger partial charge in [-0.25, -0.2) is 0 Å². The van der Waals surface area contributed by atoms with E-state index in [1.807, 2.05) is 0 Å². The van der Waals surface area contributed by atoms with Crippen molar-refractivity contribution in [2.45, 2.75) is 26.8 Å². The summed E-state index contributed by atoms with van der Waals surface area (Å²) < 4.78 is 0. The van der Waals surface area contributed by atoms with E-state index in [0.29, 0.717) is 6.04 Å². The lowest BCUT2D eigenvalue weighted by Crippen LogP contribution is -2.45. The van der Waals surface area contributed by atoms with Gasteiger partial charge >= 0.3 is 0 Å². The van der Waals surface area contributed by atoms with Gasteiger partial charge in [-0.3, -0.25) is 4.90 Å². The molecule has 1 aliphatic rings. The van der Waals surface area contributed by atoms with Crippen LogP contribution in [0.15, 0.2) is 42.5 Å². The highest BCUT2D eigenvalue weighted by molar-refractivity contribution is 5.44. The minimum Gasteiger partial charge on any atom is -0.314 e. The quantitative estimate of drug-likeness (QED) is 0.930. The third-order valence-corrected chi connectivity index (χ3v) is 4.64. The molecule has 0 saturated carbocycles. The van der Waals surface area contributed by atoms with Crippen LogP contribution < -0.4 is 5.32 Å². The van der Waals surface area contributed by atoms with E-state index in [0.717, 1.165) is 26.2 Å². The monoisotopic (exact) mass is 294 g/mol. The zero-order valence-electron chi connectivity index (χ0n) is 13.9. The number of benzene rings is 2. The molecule has 2 aromatic rings. The maximum atomic E-state index is 3.47. The fraction of sp³-hybridized carbons (Fsp3) is 0.400. The van der Waals surface area contributed by atoms with E-state index >= 15 is 0 Å². The molecule has 1 unspecified atom stereocenters. The lowest BCUT2D eigenvalue weighted by Gasteiger charge is -2.37. The number of hydrogen-bond acceptors (Lipinski definition) is 2. The Morgan fingerprint density at radius 1 is 0.909 bits per heavy atom. The van der Waals surface area contributed by atoms with Gasteiger partial charge < -0.3 is 5.32 Å². The Hall–Kier alpha value is -1.64. The number of aryl methyl sites for hydroxylation is 3. The summed E-state index contributed by atoms with van der Waals surface area (Å²) in [5.74, 6) is 0. The molecule has 0 aromatic heterocycles. The number of nitrogens with zero attached hydrogens (tertiary/aromatic N) is 1. The van der Waals surface area contributed by atoms with E-state index in [1.54, 1.807) is 0 Å². The van der Waals surface area contributed by atoms with Gasteiger partial charge in [-0.15, -0.1) is 0 Å². The second kappa shape index (κ2) is 6.64. The van der Waals surface area contributed by atoms with Gasteiger partial charge in [0.05, 0.1) is 6.04 Å². The smallest absolute Gasteiger partial charge is 0.0607 e. The highest BCUT2D eigenvalue weighted by atomic mass is 15.2. The number of nitrogens with one attached hydrogen (secondary N) is 1. The number of rotatable bonds is 3. The van der Waals surface area contributed by atoms with E-state index in [1.165, 1.54) is 27.8 Å². The van der Waals surface area contributed by atoms with E-state index in [2.05, 4.69) is 73.5 Å². The molecule has 116 valence electrons. The zero-order chi connectivity index (χ0) is 15.5. The SMILES string of the molecule is Cc1cc(C)c(C(c2ccccc2)N2CCNCC2)c(C)c1. The fourth-order valence-electron chi connectivity index (χ4n) is 3.76. The van der Waals surface area contributed by atoms with Crippen LogP contribution in [0.2, 0.25) is 0 Å². The molecule has 2 nitrogen and oxygen atoms in total. The second-order valence-electron chi connectivity index (χ2n) is 6.41. The first-order valence-corrected chi connectivity index (χ1v) is 8.24. The van der Waals surface area contributed by atoms with Crippen molar-refractivity contribution >= 4 is 0 Å². The Labute approximate surface area is 134 Å². The Bertz CT molecular complexity index is 604. The van der Waals surface area contributed by atoms with Crippen molar-refractivity contribution < 1.29 is 0 Å². The summed E-state index contributed by atoms with van der Waals surface area (Å²) in [6, 6.07) is 16.0. The molecule has 1 saturated heterocycles. The lowest BCUT2D eigenvalue weighted by atomic mass is 9.88. The molecule has 1 aliphatic heterocycles. The van der Waals surface area contributed by atoms with E-state index in [-0.39, 0.29) is 0 Å². The van der Waals surface area contributed by atoms with Crippen molar-refractivity contribution in [3.8, 4) is 0 Å². The van der Waals surface area contributed by atoms with Gasteiger partial charge in [-0.05, 0) is 43.0 Å². The lowest BCUT2D eigenvalue weighted by molar-refractivity contribution is 0.197. The average Bonchev–Trinajstić information content (AvgIpc) is 2.52. The molecule has 0 spiro atoms. The van der Waals surface area contributed by atoms with Crippen LogP contribution in [0, 0.1) is 20.8 Å². The van der Waals surface area contributed by atoms with Crippen LogP contribution in [-0.4, -0.2) is 31.1 Å². The van der Waals surface area contributed by atoms with Gasteiger partial charge in [-0.1, -0.05) is 48.0 Å². The van der Waals surface area contributed by atoms with E-state index in [4.69, 9.17) is 0 Å². The first-order valence-electron chi connectivity index (χ1n) is 8.24. The van der Waals surface area contributed by atoms with Crippen LogP contribution in [0.25, 0.3) is 0 Å². The molecular formula is C20H26N2. The predicted molar refractivity (Wildman–Crippen MR) is 93.4 cm³/mol. The van der Waals surface area contributed by atoms with Crippen LogP contribution >= 0.6 is 0 Å². The molecule has 1 fully saturated rings. The van der Waals surface area contributed by atoms with Gasteiger partial charge in [0.25, 0.3) is 0 Å². The van der Waals surface area contributed by atoms with E-state index in [9.17, 15) is 0 Å². The standard InChI is InChI=1S/C20H26N2/c1-15-13-16(2)19(17(3)14-15)20(18-7-5-4-6-8-18)22-11-9-21-10-12-22/h4-8,13-14,20-21H,9-12H2,1-3H3. The molecule has 1 atom stereocenters. The Balaban J connectivity index is 2.09. The van der Waals surface area contributed by atoms with Crippen molar-refractivity contribution in [1.29, 1.82) is 0 Å². The Kier molecular flexibility index (Phi) is 4.60. The summed E-state index contributed by atoms with van der Waals surface area (Å²) in [4.78, 5) is 2.62. The first kappa shape index (κ1) is 15.3. The highest BCUT2D eigenvalue weighted by Gasteiger charge is 2.26. The molecule has 1 heterocycles. The number of piperazine rings is 1. The maximum absolute atomic E-state index is 3.47. The van der Waals surface area contributed by atoms with Crippen molar-refractivity contribution in [1.82, 2.24) is 10.2 Å². The van der Waals surface area contributed by atoms with Crippen molar-refractivity contribution in [2.75, 3.05) is 26.2 Å². The molecule has 1 N–H and O–H groups in total. The molecule has 2 aromatic carbocycles. The number of hydrogen-bond donors (Lipinski definition) is 1. The molecular weight excluding hydrogens is 268 g/mol. The van der Waals surface area contributed by atoms with Crippen molar-refractivity contribution in [3.63, 3.8) is 0 Å². The van der Waals surface area contributed by atoms with Gasteiger partial charge in [0.2, 0.25) is 0 Å². The van der Waals surface area contributed by atoms with Crippen LogP contribution in [0.1, 0.15) is 33.9 Å². The van der Waals surface area contributed by atoms with Crippen molar-refractivity contribution in [3.05, 3.63) is 70.3 Å². The summed E-state index contributed by atoms with van der Waals surface area (Å²) >= 11 is 0. The van der Waals surface area contributed by atoms with E-state index < -0.39 is 0 Å². The summed E-state index contributed by atoms with van der Waals surface area (Å²) in [6.45, 7) is 11.1. The molecule has 3 rings (SSSR count). The summed E-state index contributed by atoms with van der Waals surface area (Å²) in [5, 5.41) is 3.47. The Morgan fingerprint density at radius 2 is 1.50 bits per heavy atom. The second-order valence-corrected chi connectivity index (χ2v) is 6.41. The van der Waals surface area contributed by atoms with Crippen LogP contribution in [0.5, 0.6) is 0 Å². The zero-order valence-corrected chi connectivity index (χ0v) is 13.9. The largest absolute Gasteiger partial charge is 0.314 e. The minimum atomic E-state index is 0.365. The summed E-state index contributed by atoms with van der Waals surface area (Å²) in [5.41, 5.74) is 7.05. The highest BCUT2D eigenvalue weighted by Crippen LogP contribution is 2.33. The molecule has 22 heavy (non-hydrogen) atoms. The third kappa shape index (κ3) is 3.08. The normalized spacial score (nSPS) is 17.4. The van der Waals surface area contributed by atoms with Gasteiger partial charge in [0.1, 0.15) is 0 Å². The topological polar surface area (TPSA) is 15.3 Å². The van der Waals surface area contributed by atoms with Crippen LogP contribution in [-0.2, 0) is 0 Å². The minimum absolute atomic E-state index is 0.365. The molecule has 0 bridgehead atoms. The predicted octanol–water partition coefficient (Wildman–Crippen LogP) is 3.61. The Morgan fingerprint density at radius 3 is 2.09 bits per heavy atom. The third-order valence-electron chi connectivity index (χ3n) is 4.64. The van der Waals surface area contributed by atoms with Gasteiger partial charge in [0, 0.05) is 26.2 Å². The first-order chi connectivity index (χ1) is 10.7. The van der Waals surface area contributed by atoms with Gasteiger partial charge in [-0.2, -0.15) is 0 Å². The summed E-state index contributed by atoms with van der Waals surface area (Å²) in [6.07, 6.45) is 0. The van der Waals surface area contributed by atoms with Crippen LogP contribution in [0.3, 0.4) is 0 Å². The maximum Gasteiger partial charge on any atom is 0.0607 e. The van der Waals surface area contributed by atoms with Gasteiger partial charge in [0.15, 0.2) is 0 Å². The van der Waals surface area contributed by atoms with Crippen molar-refractivity contribution in [2.24, 2.45) is 0 Å². The fourth-order valence-corrected chi connectivity index (χ4v) is 3.76.